The molecular formula is C16H13ClN2O2. The van der Waals surface area contributed by atoms with E-state index in [1.807, 2.05) is 25.2 Å². The van der Waals surface area contributed by atoms with E-state index < -0.39 is 0 Å². The molecular weight excluding hydrogens is 288 g/mol. The highest BCUT2D eigenvalue weighted by molar-refractivity contribution is 6.32. The average Bonchev–Trinajstić information content (AvgIpc) is 2.85. The number of aryl methyl sites for hydroxylation is 1. The second kappa shape index (κ2) is 5.14. The molecule has 5 heteroatoms. The summed E-state index contributed by atoms with van der Waals surface area (Å²) in [5.74, 6) is 0.279. The van der Waals surface area contributed by atoms with Crippen LogP contribution in [0.3, 0.4) is 0 Å². The Hall–Kier alpha value is -2.46. The van der Waals surface area contributed by atoms with E-state index in [4.69, 9.17) is 11.6 Å². The zero-order valence-corrected chi connectivity index (χ0v) is 12.0. The molecule has 0 aliphatic carbocycles. The van der Waals surface area contributed by atoms with E-state index in [0.717, 1.165) is 22.5 Å². The van der Waals surface area contributed by atoms with E-state index >= 15 is 0 Å². The maximum Gasteiger partial charge on any atom is 0.134 e. The molecule has 3 rings (SSSR count). The van der Waals surface area contributed by atoms with Gasteiger partial charge in [-0.2, -0.15) is 5.10 Å². The number of benzene rings is 2. The highest BCUT2D eigenvalue weighted by Gasteiger charge is 2.10. The van der Waals surface area contributed by atoms with E-state index in [2.05, 4.69) is 5.10 Å². The average molecular weight is 301 g/mol. The van der Waals surface area contributed by atoms with Crippen molar-refractivity contribution >= 4 is 11.6 Å². The van der Waals surface area contributed by atoms with Crippen molar-refractivity contribution in [3.8, 4) is 34.0 Å². The first-order valence-corrected chi connectivity index (χ1v) is 6.75. The SMILES string of the molecule is Cn1nc(-c2ccc(O)c(Cl)c2)cc1-c1ccc(O)cc1. The molecule has 0 radical (unpaired) electrons. The van der Waals surface area contributed by atoms with Gasteiger partial charge in [0.2, 0.25) is 0 Å². The van der Waals surface area contributed by atoms with E-state index in [1.54, 1.807) is 35.0 Å². The van der Waals surface area contributed by atoms with Gasteiger partial charge in [0, 0.05) is 18.2 Å². The number of aromatic hydroxyl groups is 2. The van der Waals surface area contributed by atoms with Gasteiger partial charge < -0.3 is 10.2 Å². The van der Waals surface area contributed by atoms with Crippen LogP contribution in [-0.4, -0.2) is 20.0 Å². The summed E-state index contributed by atoms with van der Waals surface area (Å²) in [4.78, 5) is 0. The number of rotatable bonds is 2. The minimum atomic E-state index is 0.0510. The molecule has 0 aliphatic rings. The molecule has 0 amide bonds. The van der Waals surface area contributed by atoms with Crippen molar-refractivity contribution in [1.29, 1.82) is 0 Å². The highest BCUT2D eigenvalue weighted by atomic mass is 35.5. The van der Waals surface area contributed by atoms with Gasteiger partial charge in [-0.25, -0.2) is 0 Å². The Morgan fingerprint density at radius 2 is 1.62 bits per heavy atom. The van der Waals surface area contributed by atoms with E-state index in [1.165, 1.54) is 0 Å². The minimum Gasteiger partial charge on any atom is -0.508 e. The molecule has 0 bridgehead atoms. The van der Waals surface area contributed by atoms with Crippen molar-refractivity contribution in [2.24, 2.45) is 7.05 Å². The molecule has 3 aromatic rings. The molecule has 0 atom stereocenters. The Labute approximate surface area is 126 Å². The molecule has 0 fully saturated rings. The standard InChI is InChI=1S/C16H13ClN2O2/c1-19-15(10-2-5-12(20)6-3-10)9-14(18-19)11-4-7-16(21)13(17)8-11/h2-9,20-21H,1H3. The van der Waals surface area contributed by atoms with Crippen molar-refractivity contribution in [3.05, 3.63) is 53.6 Å². The Morgan fingerprint density at radius 3 is 2.29 bits per heavy atom. The van der Waals surface area contributed by atoms with Gasteiger partial charge >= 0.3 is 0 Å². The smallest absolute Gasteiger partial charge is 0.134 e. The van der Waals surface area contributed by atoms with Crippen LogP contribution < -0.4 is 0 Å². The molecule has 2 aromatic carbocycles. The van der Waals surface area contributed by atoms with Crippen LogP contribution in [0.4, 0.5) is 0 Å². The van der Waals surface area contributed by atoms with Gasteiger partial charge in [-0.15, -0.1) is 0 Å². The molecule has 0 unspecified atom stereocenters. The van der Waals surface area contributed by atoms with Crippen LogP contribution in [0.2, 0.25) is 5.02 Å². The van der Waals surface area contributed by atoms with Crippen LogP contribution in [0.5, 0.6) is 11.5 Å². The number of phenols is 2. The van der Waals surface area contributed by atoms with Gasteiger partial charge in [0.25, 0.3) is 0 Å². The summed E-state index contributed by atoms with van der Waals surface area (Å²) in [6, 6.07) is 13.9. The van der Waals surface area contributed by atoms with Gasteiger partial charge in [-0.05, 0) is 48.5 Å². The Kier molecular flexibility index (Phi) is 3.31. The molecule has 0 saturated heterocycles. The number of halogens is 1. The summed E-state index contributed by atoms with van der Waals surface area (Å²) < 4.78 is 1.77. The van der Waals surface area contributed by atoms with Gasteiger partial charge in [-0.1, -0.05) is 11.6 Å². The summed E-state index contributed by atoms with van der Waals surface area (Å²) in [5.41, 5.74) is 3.48. The normalized spacial score (nSPS) is 10.8. The van der Waals surface area contributed by atoms with Crippen molar-refractivity contribution in [3.63, 3.8) is 0 Å². The van der Waals surface area contributed by atoms with Crippen LogP contribution >= 0.6 is 11.6 Å². The van der Waals surface area contributed by atoms with Gasteiger partial charge in [-0.3, -0.25) is 4.68 Å². The third-order valence-corrected chi connectivity index (χ3v) is 3.59. The zero-order chi connectivity index (χ0) is 15.0. The largest absolute Gasteiger partial charge is 0.508 e. The van der Waals surface area contributed by atoms with Crippen LogP contribution in [0.15, 0.2) is 48.5 Å². The fourth-order valence-electron chi connectivity index (χ4n) is 2.18. The van der Waals surface area contributed by atoms with E-state index in [9.17, 15) is 10.2 Å². The first-order chi connectivity index (χ1) is 10.0. The maximum absolute atomic E-state index is 9.47. The Morgan fingerprint density at radius 1 is 0.952 bits per heavy atom. The predicted molar refractivity (Wildman–Crippen MR) is 82.4 cm³/mol. The topological polar surface area (TPSA) is 58.3 Å². The summed E-state index contributed by atoms with van der Waals surface area (Å²) in [6.45, 7) is 0. The van der Waals surface area contributed by atoms with Gasteiger partial charge in [0.05, 0.1) is 16.4 Å². The lowest BCUT2D eigenvalue weighted by molar-refractivity contribution is 0.475. The van der Waals surface area contributed by atoms with Crippen molar-refractivity contribution in [2.45, 2.75) is 0 Å². The molecule has 0 spiro atoms. The van der Waals surface area contributed by atoms with Crippen molar-refractivity contribution in [2.75, 3.05) is 0 Å². The number of phenolic OH excluding ortho intramolecular Hbond substituents is 2. The molecule has 106 valence electrons. The molecule has 0 aliphatic heterocycles. The fourth-order valence-corrected chi connectivity index (χ4v) is 2.36. The summed E-state index contributed by atoms with van der Waals surface area (Å²) in [7, 11) is 1.85. The first kappa shape index (κ1) is 13.5. The second-order valence-electron chi connectivity index (χ2n) is 4.75. The number of aromatic nitrogens is 2. The predicted octanol–water partition coefficient (Wildman–Crippen LogP) is 3.82. The lowest BCUT2D eigenvalue weighted by atomic mass is 10.1. The third kappa shape index (κ3) is 2.58. The van der Waals surface area contributed by atoms with Gasteiger partial charge in [0.15, 0.2) is 0 Å². The highest BCUT2D eigenvalue weighted by Crippen LogP contribution is 2.31. The second-order valence-corrected chi connectivity index (χ2v) is 5.16. The number of hydrogen-bond acceptors (Lipinski definition) is 3. The Bertz CT molecular complexity index is 795. The molecule has 21 heavy (non-hydrogen) atoms. The fraction of sp³-hybridized carbons (Fsp3) is 0.0625. The van der Waals surface area contributed by atoms with E-state index in [-0.39, 0.29) is 11.5 Å². The van der Waals surface area contributed by atoms with E-state index in [0.29, 0.717) is 5.02 Å². The van der Waals surface area contributed by atoms with Crippen LogP contribution in [-0.2, 0) is 7.05 Å². The van der Waals surface area contributed by atoms with Gasteiger partial charge in [0.1, 0.15) is 11.5 Å². The van der Waals surface area contributed by atoms with Crippen LogP contribution in [0, 0.1) is 0 Å². The monoisotopic (exact) mass is 300 g/mol. The molecule has 1 heterocycles. The lowest BCUT2D eigenvalue weighted by Gasteiger charge is -2.01. The number of hydrogen-bond donors (Lipinski definition) is 2. The maximum atomic E-state index is 9.47. The van der Waals surface area contributed by atoms with Crippen molar-refractivity contribution in [1.82, 2.24) is 9.78 Å². The summed E-state index contributed by atoms with van der Waals surface area (Å²) in [5, 5.41) is 23.6. The molecule has 1 aromatic heterocycles. The Balaban J connectivity index is 2.04. The molecule has 0 saturated carbocycles. The molecule has 2 N–H and O–H groups in total. The van der Waals surface area contributed by atoms with Crippen molar-refractivity contribution < 1.29 is 10.2 Å². The summed E-state index contributed by atoms with van der Waals surface area (Å²) in [6.07, 6.45) is 0. The molecule has 4 nitrogen and oxygen atoms in total. The zero-order valence-electron chi connectivity index (χ0n) is 11.3. The third-order valence-electron chi connectivity index (χ3n) is 3.29. The lowest BCUT2D eigenvalue weighted by Crippen LogP contribution is -1.93. The van der Waals surface area contributed by atoms with Crippen LogP contribution in [0.25, 0.3) is 22.5 Å². The minimum absolute atomic E-state index is 0.0510. The first-order valence-electron chi connectivity index (χ1n) is 6.37. The quantitative estimate of drug-likeness (QED) is 0.756. The summed E-state index contributed by atoms with van der Waals surface area (Å²) >= 11 is 5.93. The number of nitrogens with zero attached hydrogens (tertiary/aromatic N) is 2. The van der Waals surface area contributed by atoms with Crippen LogP contribution in [0.1, 0.15) is 0 Å².